The number of nitrogens with zero attached hydrogens (tertiary/aromatic N) is 3. The third-order valence-electron chi connectivity index (χ3n) is 6.72. The zero-order valence-corrected chi connectivity index (χ0v) is 22.1. The van der Waals surface area contributed by atoms with E-state index in [1.807, 2.05) is 39.0 Å². The maximum atomic E-state index is 13.3. The Morgan fingerprint density at radius 1 is 1.23 bits per heavy atom. The van der Waals surface area contributed by atoms with Crippen molar-refractivity contribution in [2.45, 2.75) is 83.4 Å². The summed E-state index contributed by atoms with van der Waals surface area (Å²) in [5.74, 6) is 0.595. The predicted octanol–water partition coefficient (Wildman–Crippen LogP) is 5.10. The molecule has 0 radical (unpaired) electrons. The van der Waals surface area contributed by atoms with Crippen LogP contribution in [0.2, 0.25) is 5.02 Å². The molecule has 2 aliphatic heterocycles. The minimum Gasteiger partial charge on any atom is -0.375 e. The van der Waals surface area contributed by atoms with E-state index >= 15 is 0 Å². The lowest BCUT2D eigenvalue weighted by atomic mass is 9.84. The van der Waals surface area contributed by atoms with Crippen molar-refractivity contribution in [1.82, 2.24) is 20.2 Å². The Bertz CT molecular complexity index is 1110. The van der Waals surface area contributed by atoms with Gasteiger partial charge in [0, 0.05) is 18.1 Å². The van der Waals surface area contributed by atoms with Gasteiger partial charge in [-0.25, -0.2) is 4.98 Å². The summed E-state index contributed by atoms with van der Waals surface area (Å²) >= 11 is 6.84. The summed E-state index contributed by atoms with van der Waals surface area (Å²) < 4.78 is 5.81. The number of aromatic nitrogens is 2. The number of amides is 1. The third kappa shape index (κ3) is 5.28. The van der Waals surface area contributed by atoms with Crippen molar-refractivity contribution < 1.29 is 9.53 Å². The minimum atomic E-state index is -0.818. The normalized spacial score (nSPS) is 24.8. The summed E-state index contributed by atoms with van der Waals surface area (Å²) in [4.78, 5) is 23.9. The Kier molecular flexibility index (Phi) is 6.57. The number of benzene rings is 1. The molecule has 0 saturated carbocycles. The van der Waals surface area contributed by atoms with E-state index < -0.39 is 5.54 Å². The highest BCUT2D eigenvalue weighted by atomic mass is 35.5. The van der Waals surface area contributed by atoms with E-state index in [1.165, 1.54) is 0 Å². The maximum absolute atomic E-state index is 13.3. The molecule has 1 aromatic heterocycles. The second-order valence-electron chi connectivity index (χ2n) is 11.3. The second-order valence-corrected chi connectivity index (χ2v) is 11.7. The molecular formula is C26H35ClN6O2. The van der Waals surface area contributed by atoms with Gasteiger partial charge in [0.05, 0.1) is 46.4 Å². The standard InChI is InChI=1S/C26H35ClN6O2/c1-24(2,3)19-14-30-20(15-29-19)31-18-9-7-8-17(22(18)27)26(6)13-21(34)33(23(28)32-26)16-10-11-35-25(4,5)12-16/h7-9,14-16H,10-13H2,1-6H3,(H2,28,32)(H,30,31)/t16-,26-/m0/s1. The van der Waals surface area contributed by atoms with Crippen molar-refractivity contribution >= 4 is 35.0 Å². The monoisotopic (exact) mass is 498 g/mol. The van der Waals surface area contributed by atoms with Crippen LogP contribution in [0, 0.1) is 5.41 Å². The number of carbonyl (C=O) groups excluding carboxylic acids is 1. The second kappa shape index (κ2) is 9.06. The highest BCUT2D eigenvalue weighted by Crippen LogP contribution is 2.39. The van der Waals surface area contributed by atoms with E-state index in [9.17, 15) is 4.79 Å². The fourth-order valence-corrected chi connectivity index (χ4v) is 5.20. The number of anilines is 2. The molecule has 2 aliphatic rings. The van der Waals surface area contributed by atoms with Gasteiger partial charge >= 0.3 is 0 Å². The Morgan fingerprint density at radius 2 is 1.97 bits per heavy atom. The molecule has 1 amide bonds. The van der Waals surface area contributed by atoms with Crippen molar-refractivity contribution in [2.75, 3.05) is 11.9 Å². The van der Waals surface area contributed by atoms with Crippen LogP contribution in [0.4, 0.5) is 11.5 Å². The van der Waals surface area contributed by atoms with Crippen molar-refractivity contribution in [1.29, 1.82) is 5.41 Å². The Hall–Kier alpha value is -2.71. The van der Waals surface area contributed by atoms with Crippen molar-refractivity contribution in [3.8, 4) is 0 Å². The van der Waals surface area contributed by atoms with Crippen LogP contribution in [0.15, 0.2) is 30.6 Å². The zero-order valence-electron chi connectivity index (χ0n) is 21.3. The zero-order chi connectivity index (χ0) is 25.6. The van der Waals surface area contributed by atoms with E-state index in [4.69, 9.17) is 21.7 Å². The molecule has 3 N–H and O–H groups in total. The fourth-order valence-electron chi connectivity index (χ4n) is 4.82. The molecule has 2 atom stereocenters. The lowest BCUT2D eigenvalue weighted by molar-refractivity contribution is -0.137. The van der Waals surface area contributed by atoms with Gasteiger partial charge in [0.1, 0.15) is 5.82 Å². The molecular weight excluding hydrogens is 464 g/mol. The van der Waals surface area contributed by atoms with Gasteiger partial charge in [0.2, 0.25) is 5.91 Å². The first-order valence-electron chi connectivity index (χ1n) is 12.0. The molecule has 35 heavy (non-hydrogen) atoms. The molecule has 0 bridgehead atoms. The smallest absolute Gasteiger partial charge is 0.232 e. The van der Waals surface area contributed by atoms with Crippen molar-refractivity contribution in [3.05, 3.63) is 46.9 Å². The number of halogens is 1. The number of hydrogen-bond donors (Lipinski definition) is 3. The topological polar surface area (TPSA) is 103 Å². The first kappa shape index (κ1) is 25.4. The number of nitrogens with one attached hydrogen (secondary N) is 3. The van der Waals surface area contributed by atoms with E-state index in [1.54, 1.807) is 17.3 Å². The minimum absolute atomic E-state index is 0.0612. The number of hydrogen-bond acceptors (Lipinski definition) is 6. The first-order chi connectivity index (χ1) is 16.3. The number of carbonyl (C=O) groups is 1. The average molecular weight is 499 g/mol. The average Bonchev–Trinajstić information content (AvgIpc) is 2.73. The van der Waals surface area contributed by atoms with Crippen LogP contribution in [0.1, 0.15) is 72.1 Å². The fraction of sp³-hybridized carbons (Fsp3) is 0.538. The number of ether oxygens (including phenoxy) is 1. The van der Waals surface area contributed by atoms with E-state index in [0.29, 0.717) is 36.0 Å². The Morgan fingerprint density at radius 3 is 2.57 bits per heavy atom. The molecule has 8 nitrogen and oxygen atoms in total. The molecule has 0 unspecified atom stereocenters. The van der Waals surface area contributed by atoms with Crippen molar-refractivity contribution in [2.24, 2.45) is 0 Å². The van der Waals surface area contributed by atoms with Gasteiger partial charge < -0.3 is 15.4 Å². The molecule has 2 aromatic rings. The SMILES string of the molecule is CC1(C)C[C@@H](N2C(=N)N[C@](C)(c3cccc(Nc4cnc(C(C)(C)C)cn4)c3Cl)CC2=O)CCO1. The van der Waals surface area contributed by atoms with Crippen molar-refractivity contribution in [3.63, 3.8) is 0 Å². The lowest BCUT2D eigenvalue weighted by Gasteiger charge is -2.47. The molecule has 1 aromatic carbocycles. The Labute approximate surface area is 212 Å². The van der Waals surface area contributed by atoms with Gasteiger partial charge in [0.15, 0.2) is 5.96 Å². The lowest BCUT2D eigenvalue weighted by Crippen LogP contribution is -2.63. The number of guanidine groups is 1. The molecule has 4 rings (SSSR count). The summed E-state index contributed by atoms with van der Waals surface area (Å²) in [6.07, 6.45) is 5.04. The molecule has 0 aliphatic carbocycles. The van der Waals surface area contributed by atoms with Gasteiger partial charge in [-0.2, -0.15) is 0 Å². The molecule has 0 spiro atoms. The molecule has 2 saturated heterocycles. The van der Waals surface area contributed by atoms with Crippen LogP contribution < -0.4 is 10.6 Å². The summed E-state index contributed by atoms with van der Waals surface area (Å²) in [5, 5.41) is 15.7. The van der Waals surface area contributed by atoms with Gasteiger partial charge in [-0.05, 0) is 45.2 Å². The highest BCUT2D eigenvalue weighted by molar-refractivity contribution is 6.34. The number of rotatable bonds is 4. The molecule has 188 valence electrons. The van der Waals surface area contributed by atoms with E-state index in [-0.39, 0.29) is 35.3 Å². The van der Waals surface area contributed by atoms with Gasteiger partial charge in [-0.1, -0.05) is 44.5 Å². The molecule has 9 heteroatoms. The summed E-state index contributed by atoms with van der Waals surface area (Å²) in [6, 6.07) is 5.58. The van der Waals surface area contributed by atoms with Crippen LogP contribution in [0.5, 0.6) is 0 Å². The van der Waals surface area contributed by atoms with Crippen LogP contribution in [-0.4, -0.2) is 45.0 Å². The largest absolute Gasteiger partial charge is 0.375 e. The van der Waals surface area contributed by atoms with Gasteiger partial charge in [-0.3, -0.25) is 20.1 Å². The van der Waals surface area contributed by atoms with E-state index in [0.717, 1.165) is 11.3 Å². The van der Waals surface area contributed by atoms with Gasteiger partial charge in [0.25, 0.3) is 0 Å². The highest BCUT2D eigenvalue weighted by Gasteiger charge is 2.45. The van der Waals surface area contributed by atoms with Crippen LogP contribution in [-0.2, 0) is 20.5 Å². The summed E-state index contributed by atoms with van der Waals surface area (Å²) in [7, 11) is 0. The first-order valence-corrected chi connectivity index (χ1v) is 12.4. The quantitative estimate of drug-likeness (QED) is 0.541. The van der Waals surface area contributed by atoms with Crippen LogP contribution in [0.25, 0.3) is 0 Å². The van der Waals surface area contributed by atoms with Crippen LogP contribution >= 0.6 is 11.6 Å². The maximum Gasteiger partial charge on any atom is 0.232 e. The molecule has 3 heterocycles. The predicted molar refractivity (Wildman–Crippen MR) is 138 cm³/mol. The summed E-state index contributed by atoms with van der Waals surface area (Å²) in [5.41, 5.74) is 1.08. The molecule has 2 fully saturated rings. The van der Waals surface area contributed by atoms with E-state index in [2.05, 4.69) is 41.4 Å². The Balaban J connectivity index is 1.55. The summed E-state index contributed by atoms with van der Waals surface area (Å²) in [6.45, 7) is 12.8. The van der Waals surface area contributed by atoms with Gasteiger partial charge in [-0.15, -0.1) is 0 Å². The van der Waals surface area contributed by atoms with Crippen LogP contribution in [0.3, 0.4) is 0 Å². The third-order valence-corrected chi connectivity index (χ3v) is 7.13.